The summed E-state index contributed by atoms with van der Waals surface area (Å²) in [4.78, 5) is 0. The predicted molar refractivity (Wildman–Crippen MR) is 124 cm³/mol. The molecule has 0 bridgehead atoms. The summed E-state index contributed by atoms with van der Waals surface area (Å²) < 4.78 is 0. The maximum atomic E-state index is 3.48. The van der Waals surface area contributed by atoms with Crippen LogP contribution in [0.3, 0.4) is 0 Å². The monoisotopic (exact) mass is 389 g/mol. The first-order valence-electron chi connectivity index (χ1n) is 10.4. The lowest BCUT2D eigenvalue weighted by atomic mass is 9.87. The fraction of sp³-hybridized carbons (Fsp3) is 0.308. The van der Waals surface area contributed by atoms with Gasteiger partial charge in [-0.2, -0.15) is 0 Å². The van der Waals surface area contributed by atoms with Crippen LogP contribution in [0.4, 0.5) is 28.4 Å². The summed E-state index contributed by atoms with van der Waals surface area (Å²) >= 11 is 0. The number of hydrogen-bond acceptors (Lipinski definition) is 1. The maximum absolute atomic E-state index is 3.48. The summed E-state index contributed by atoms with van der Waals surface area (Å²) in [6, 6.07) is 26.0. The van der Waals surface area contributed by atoms with E-state index in [0.717, 1.165) is 11.4 Å². The molecule has 3 rings (SSSR count). The Kier molecular flexibility index (Phi) is 6.11. The molecule has 5 N–H and O–H groups in total. The van der Waals surface area contributed by atoms with Gasteiger partial charge in [0, 0.05) is 47.8 Å². The molecule has 3 heteroatoms. The lowest BCUT2D eigenvalue weighted by molar-refractivity contribution is -0.642. The van der Waals surface area contributed by atoms with E-state index in [1.165, 1.54) is 22.6 Å². The zero-order chi connectivity index (χ0) is 21.1. The zero-order valence-electron chi connectivity index (χ0n) is 18.6. The van der Waals surface area contributed by atoms with E-state index in [1.54, 1.807) is 0 Å². The van der Waals surface area contributed by atoms with Gasteiger partial charge in [-0.1, -0.05) is 32.9 Å². The first kappa shape index (κ1) is 21.1. The number of rotatable bonds is 5. The van der Waals surface area contributed by atoms with E-state index in [2.05, 4.69) is 130 Å². The van der Waals surface area contributed by atoms with E-state index in [0.29, 0.717) is 0 Å². The standard InChI is InChI=1S/C26H33N3/c1-25(2,3)19-7-9-20(10-8-19)27-21-11-13-22(14-12-21)28-23-15-17-24(18-16-23)29-26(4,5)6/h7-18,27-29H,1-6H3/p+2. The number of nitrogens with two attached hydrogens (primary N) is 2. The first-order chi connectivity index (χ1) is 13.6. The second-order valence-corrected chi connectivity index (χ2v) is 9.90. The largest absolute Gasteiger partial charge is 0.356 e. The van der Waals surface area contributed by atoms with Crippen molar-refractivity contribution < 1.29 is 10.6 Å². The number of quaternary nitrogens is 2. The highest BCUT2D eigenvalue weighted by Gasteiger charge is 2.15. The van der Waals surface area contributed by atoms with E-state index in [4.69, 9.17) is 0 Å². The molecular weight excluding hydrogens is 354 g/mol. The normalized spacial score (nSPS) is 12.1. The molecule has 0 radical (unpaired) electrons. The number of anilines is 2. The summed E-state index contributed by atoms with van der Waals surface area (Å²) in [6.07, 6.45) is 0. The molecule has 0 spiro atoms. The van der Waals surface area contributed by atoms with Crippen LogP contribution in [0.1, 0.15) is 47.1 Å². The van der Waals surface area contributed by atoms with Crippen molar-refractivity contribution in [2.45, 2.75) is 52.5 Å². The second kappa shape index (κ2) is 8.40. The van der Waals surface area contributed by atoms with Crippen LogP contribution in [0, 0.1) is 0 Å². The van der Waals surface area contributed by atoms with Crippen molar-refractivity contribution in [1.82, 2.24) is 0 Å². The quantitative estimate of drug-likeness (QED) is 0.513. The third-order valence-electron chi connectivity index (χ3n) is 4.82. The maximum Gasteiger partial charge on any atom is 0.135 e. The topological polar surface area (TPSA) is 45.2 Å². The van der Waals surface area contributed by atoms with Gasteiger partial charge < -0.3 is 10.6 Å². The van der Waals surface area contributed by atoms with Gasteiger partial charge in [0.15, 0.2) is 0 Å². The summed E-state index contributed by atoms with van der Waals surface area (Å²) in [5.74, 6) is 0. The van der Waals surface area contributed by atoms with Gasteiger partial charge in [0.1, 0.15) is 17.1 Å². The van der Waals surface area contributed by atoms with Crippen molar-refractivity contribution in [3.8, 4) is 0 Å². The third-order valence-corrected chi connectivity index (χ3v) is 4.82. The minimum Gasteiger partial charge on any atom is -0.356 e. The van der Waals surface area contributed by atoms with Crippen molar-refractivity contribution in [2.75, 3.05) is 5.32 Å². The van der Waals surface area contributed by atoms with Gasteiger partial charge in [0.2, 0.25) is 0 Å². The molecule has 0 heterocycles. The Balaban J connectivity index is 1.60. The number of nitrogens with one attached hydrogen (secondary N) is 1. The molecule has 0 aliphatic carbocycles. The smallest absolute Gasteiger partial charge is 0.135 e. The number of hydrogen-bond donors (Lipinski definition) is 3. The Hall–Kier alpha value is -2.62. The molecule has 0 aliphatic rings. The third kappa shape index (κ3) is 6.45. The fourth-order valence-electron chi connectivity index (χ4n) is 3.26. The first-order valence-corrected chi connectivity index (χ1v) is 10.4. The van der Waals surface area contributed by atoms with Gasteiger partial charge >= 0.3 is 0 Å². The van der Waals surface area contributed by atoms with E-state index in [9.17, 15) is 0 Å². The van der Waals surface area contributed by atoms with Crippen LogP contribution < -0.4 is 16.0 Å². The van der Waals surface area contributed by atoms with E-state index < -0.39 is 0 Å². The molecule has 0 aliphatic heterocycles. The van der Waals surface area contributed by atoms with Gasteiger partial charge in [-0.05, 0) is 56.0 Å². The summed E-state index contributed by atoms with van der Waals surface area (Å²) in [5.41, 5.74) is 7.62. The molecule has 0 saturated heterocycles. The van der Waals surface area contributed by atoms with E-state index in [-0.39, 0.29) is 11.0 Å². The van der Waals surface area contributed by atoms with Gasteiger partial charge in [0.05, 0.1) is 5.54 Å². The Morgan fingerprint density at radius 1 is 0.552 bits per heavy atom. The molecule has 29 heavy (non-hydrogen) atoms. The van der Waals surface area contributed by atoms with Crippen LogP contribution in [0.15, 0.2) is 72.8 Å². The Labute approximate surface area is 175 Å². The highest BCUT2D eigenvalue weighted by molar-refractivity contribution is 5.61. The molecule has 152 valence electrons. The van der Waals surface area contributed by atoms with Crippen LogP contribution in [-0.2, 0) is 5.41 Å². The summed E-state index contributed by atoms with van der Waals surface area (Å²) in [7, 11) is 0. The molecule has 3 aromatic rings. The highest BCUT2D eigenvalue weighted by Crippen LogP contribution is 2.25. The van der Waals surface area contributed by atoms with E-state index >= 15 is 0 Å². The SMILES string of the molecule is CC(C)(C)[NH2+]c1ccc([NH2+]c2ccc(Nc3ccc(C(C)(C)C)cc3)cc2)cc1. The predicted octanol–water partition coefficient (Wildman–Crippen LogP) is 5.25. The lowest BCUT2D eigenvalue weighted by Crippen LogP contribution is -2.89. The molecular formula is C26H35N3+2. The molecule has 3 aromatic carbocycles. The molecule has 0 fully saturated rings. The molecule has 0 atom stereocenters. The molecule has 0 aromatic heterocycles. The van der Waals surface area contributed by atoms with Gasteiger partial charge in [-0.3, -0.25) is 5.32 Å². The molecule has 0 unspecified atom stereocenters. The van der Waals surface area contributed by atoms with Gasteiger partial charge in [0.25, 0.3) is 0 Å². The van der Waals surface area contributed by atoms with Crippen molar-refractivity contribution in [2.24, 2.45) is 0 Å². The minimum atomic E-state index is 0.180. The molecule has 0 saturated carbocycles. The van der Waals surface area contributed by atoms with Crippen molar-refractivity contribution in [3.63, 3.8) is 0 Å². The van der Waals surface area contributed by atoms with Crippen molar-refractivity contribution >= 4 is 28.4 Å². The fourth-order valence-corrected chi connectivity index (χ4v) is 3.26. The van der Waals surface area contributed by atoms with Crippen molar-refractivity contribution in [1.29, 1.82) is 0 Å². The van der Waals surface area contributed by atoms with Crippen LogP contribution in [0.25, 0.3) is 0 Å². The van der Waals surface area contributed by atoms with Crippen LogP contribution >= 0.6 is 0 Å². The highest BCUT2D eigenvalue weighted by atomic mass is 15.0. The van der Waals surface area contributed by atoms with Crippen LogP contribution in [0.2, 0.25) is 0 Å². The summed E-state index contributed by atoms with van der Waals surface area (Å²) in [5, 5.41) is 7.99. The number of benzene rings is 3. The molecule has 0 amide bonds. The Morgan fingerprint density at radius 3 is 1.41 bits per heavy atom. The zero-order valence-corrected chi connectivity index (χ0v) is 18.6. The summed E-state index contributed by atoms with van der Waals surface area (Å²) in [6.45, 7) is 13.4. The second-order valence-electron chi connectivity index (χ2n) is 9.90. The Bertz CT molecular complexity index is 910. The lowest BCUT2D eigenvalue weighted by Gasteiger charge is -2.19. The van der Waals surface area contributed by atoms with Crippen LogP contribution in [-0.4, -0.2) is 5.54 Å². The van der Waals surface area contributed by atoms with Crippen molar-refractivity contribution in [3.05, 3.63) is 78.4 Å². The average Bonchev–Trinajstić information content (AvgIpc) is 2.63. The minimum absolute atomic E-state index is 0.180. The van der Waals surface area contributed by atoms with Gasteiger partial charge in [-0.15, -0.1) is 0 Å². The Morgan fingerprint density at radius 2 is 0.966 bits per heavy atom. The van der Waals surface area contributed by atoms with Gasteiger partial charge in [-0.25, -0.2) is 0 Å². The van der Waals surface area contributed by atoms with E-state index in [1.807, 2.05) is 0 Å². The van der Waals surface area contributed by atoms with Crippen LogP contribution in [0.5, 0.6) is 0 Å². The average molecular weight is 390 g/mol. The molecule has 3 nitrogen and oxygen atoms in total.